The van der Waals surface area contributed by atoms with Crippen molar-refractivity contribution >= 4 is 21.7 Å². The Morgan fingerprint density at radius 1 is 1.26 bits per heavy atom. The largest absolute Gasteiger partial charge is 0.309 e. The van der Waals surface area contributed by atoms with Crippen molar-refractivity contribution in [2.75, 3.05) is 0 Å². The molecule has 1 aliphatic carbocycles. The molecule has 0 N–H and O–H groups in total. The van der Waals surface area contributed by atoms with E-state index in [2.05, 4.69) is 31.1 Å². The second kappa shape index (κ2) is 5.21. The maximum Gasteiger partial charge on any atom is 0.182 e. The number of aromatic nitrogens is 4. The summed E-state index contributed by atoms with van der Waals surface area (Å²) in [5.74, 6) is 1.12. The van der Waals surface area contributed by atoms with E-state index in [0.29, 0.717) is 24.7 Å². The van der Waals surface area contributed by atoms with E-state index in [0.717, 1.165) is 29.0 Å². The highest BCUT2D eigenvalue weighted by atomic mass is 79.9. The molecule has 0 radical (unpaired) electrons. The maximum absolute atomic E-state index is 11.3. The van der Waals surface area contributed by atoms with Gasteiger partial charge in [-0.15, -0.1) is 10.2 Å². The smallest absolute Gasteiger partial charge is 0.182 e. The number of Topliss-reactive ketones (excluding diaryl/α,β-unsaturated/α-hetero) is 1. The molecule has 0 amide bonds. The number of rotatable bonds is 2. The topological polar surface area (TPSA) is 60.7 Å². The summed E-state index contributed by atoms with van der Waals surface area (Å²) in [4.78, 5) is 15.7. The third-order valence-electron chi connectivity index (χ3n) is 3.42. The van der Waals surface area contributed by atoms with Gasteiger partial charge >= 0.3 is 0 Å². The van der Waals surface area contributed by atoms with Gasteiger partial charge in [0.15, 0.2) is 5.82 Å². The molecule has 0 aliphatic heterocycles. The first-order valence-electron chi connectivity index (χ1n) is 6.28. The predicted octanol–water partition coefficient (Wildman–Crippen LogP) is 2.79. The van der Waals surface area contributed by atoms with Crippen LogP contribution in [0.3, 0.4) is 0 Å². The minimum absolute atomic E-state index is 0.295. The minimum Gasteiger partial charge on any atom is -0.309 e. The third-order valence-corrected chi connectivity index (χ3v) is 3.87. The van der Waals surface area contributed by atoms with Gasteiger partial charge in [0.25, 0.3) is 0 Å². The molecule has 2 aromatic rings. The van der Waals surface area contributed by atoms with Crippen molar-refractivity contribution < 1.29 is 4.79 Å². The van der Waals surface area contributed by atoms with Gasteiger partial charge in [0, 0.05) is 18.9 Å². The molecule has 2 aromatic heterocycles. The molecule has 6 heteroatoms. The van der Waals surface area contributed by atoms with Gasteiger partial charge in [0.2, 0.25) is 0 Å². The second-order valence-corrected chi connectivity index (χ2v) is 5.49. The first kappa shape index (κ1) is 12.5. The van der Waals surface area contributed by atoms with E-state index >= 15 is 0 Å². The summed E-state index contributed by atoms with van der Waals surface area (Å²) in [6.45, 7) is 0. The second-order valence-electron chi connectivity index (χ2n) is 4.68. The Labute approximate surface area is 119 Å². The Morgan fingerprint density at radius 3 is 2.79 bits per heavy atom. The highest BCUT2D eigenvalue weighted by Gasteiger charge is 2.23. The Bertz CT molecular complexity index is 600. The zero-order valence-corrected chi connectivity index (χ0v) is 11.9. The number of carbonyl (C=O) groups is 1. The van der Waals surface area contributed by atoms with Crippen molar-refractivity contribution in [1.82, 2.24) is 19.7 Å². The summed E-state index contributed by atoms with van der Waals surface area (Å²) in [7, 11) is 0. The van der Waals surface area contributed by atoms with Crippen LogP contribution in [0.15, 0.2) is 29.1 Å². The zero-order valence-electron chi connectivity index (χ0n) is 10.3. The zero-order chi connectivity index (χ0) is 13.2. The maximum atomic E-state index is 11.3. The van der Waals surface area contributed by atoms with Crippen molar-refractivity contribution in [3.63, 3.8) is 0 Å². The van der Waals surface area contributed by atoms with E-state index in [4.69, 9.17) is 0 Å². The molecule has 5 nitrogen and oxygen atoms in total. The summed E-state index contributed by atoms with van der Waals surface area (Å²) in [5, 5.41) is 8.16. The Morgan fingerprint density at radius 2 is 2.05 bits per heavy atom. The van der Waals surface area contributed by atoms with Gasteiger partial charge in [0.05, 0.1) is 0 Å². The SMILES string of the molecule is O=C1CCC(n2cnnc2-c2cccc(Br)n2)CC1. The molecule has 0 unspecified atom stereocenters. The molecule has 0 saturated heterocycles. The number of halogens is 1. The van der Waals surface area contributed by atoms with Crippen molar-refractivity contribution in [1.29, 1.82) is 0 Å². The average Bonchev–Trinajstić information content (AvgIpc) is 2.89. The standard InChI is InChI=1S/C13H13BrN4O/c14-12-3-1-2-11(16-12)13-17-15-8-18(13)9-4-6-10(19)7-5-9/h1-3,8-9H,4-7H2. The summed E-state index contributed by atoms with van der Waals surface area (Å²) in [6, 6.07) is 6.02. The predicted molar refractivity (Wildman–Crippen MR) is 73.5 cm³/mol. The molecule has 1 fully saturated rings. The van der Waals surface area contributed by atoms with Crippen LogP contribution in [-0.4, -0.2) is 25.5 Å². The molecular weight excluding hydrogens is 308 g/mol. The molecule has 1 saturated carbocycles. The fourth-order valence-electron chi connectivity index (χ4n) is 2.43. The highest BCUT2D eigenvalue weighted by molar-refractivity contribution is 9.10. The van der Waals surface area contributed by atoms with Crippen LogP contribution in [-0.2, 0) is 4.79 Å². The monoisotopic (exact) mass is 320 g/mol. The van der Waals surface area contributed by atoms with Gasteiger partial charge in [-0.25, -0.2) is 4.98 Å². The van der Waals surface area contributed by atoms with Crippen molar-refractivity contribution in [2.24, 2.45) is 0 Å². The lowest BCUT2D eigenvalue weighted by molar-refractivity contribution is -0.120. The molecule has 1 aliphatic rings. The van der Waals surface area contributed by atoms with Crippen molar-refractivity contribution in [3.05, 3.63) is 29.1 Å². The molecular formula is C13H13BrN4O. The van der Waals surface area contributed by atoms with E-state index in [1.54, 1.807) is 6.33 Å². The van der Waals surface area contributed by atoms with E-state index in [9.17, 15) is 4.79 Å². The molecule has 0 atom stereocenters. The quantitative estimate of drug-likeness (QED) is 0.798. The normalized spacial score (nSPS) is 16.8. The van der Waals surface area contributed by atoms with Crippen LogP contribution in [0.2, 0.25) is 0 Å². The van der Waals surface area contributed by atoms with Gasteiger partial charge in [-0.1, -0.05) is 6.07 Å². The molecule has 98 valence electrons. The van der Waals surface area contributed by atoms with Crippen molar-refractivity contribution in [2.45, 2.75) is 31.7 Å². The van der Waals surface area contributed by atoms with E-state index < -0.39 is 0 Å². The Kier molecular flexibility index (Phi) is 3.42. The first-order valence-corrected chi connectivity index (χ1v) is 7.07. The number of hydrogen-bond donors (Lipinski definition) is 0. The molecule has 0 spiro atoms. The van der Waals surface area contributed by atoms with Gasteiger partial charge < -0.3 is 4.57 Å². The molecule has 0 aromatic carbocycles. The van der Waals surface area contributed by atoms with E-state index in [1.165, 1.54) is 0 Å². The fraction of sp³-hybridized carbons (Fsp3) is 0.385. The lowest BCUT2D eigenvalue weighted by Gasteiger charge is -2.23. The number of ketones is 1. The summed E-state index contributed by atoms with van der Waals surface area (Å²) in [5.41, 5.74) is 0.795. The Balaban J connectivity index is 1.92. The van der Waals surface area contributed by atoms with Crippen LogP contribution in [0.5, 0.6) is 0 Å². The van der Waals surface area contributed by atoms with Crippen LogP contribution in [0.4, 0.5) is 0 Å². The van der Waals surface area contributed by atoms with Crippen LogP contribution in [0.25, 0.3) is 11.5 Å². The van der Waals surface area contributed by atoms with Gasteiger partial charge in [0.1, 0.15) is 22.4 Å². The summed E-state index contributed by atoms with van der Waals surface area (Å²) in [6.07, 6.45) is 4.75. The van der Waals surface area contributed by atoms with Crippen LogP contribution in [0, 0.1) is 0 Å². The number of hydrogen-bond acceptors (Lipinski definition) is 4. The van der Waals surface area contributed by atoms with Crippen LogP contribution >= 0.6 is 15.9 Å². The lowest BCUT2D eigenvalue weighted by atomic mass is 9.94. The van der Waals surface area contributed by atoms with Gasteiger partial charge in [-0.05, 0) is 40.9 Å². The Hall–Kier alpha value is -1.56. The summed E-state index contributed by atoms with van der Waals surface area (Å²) < 4.78 is 2.82. The van der Waals surface area contributed by atoms with Crippen LogP contribution in [0.1, 0.15) is 31.7 Å². The first-order chi connectivity index (χ1) is 9.24. The van der Waals surface area contributed by atoms with E-state index in [-0.39, 0.29) is 0 Å². The van der Waals surface area contributed by atoms with E-state index in [1.807, 2.05) is 22.8 Å². The fourth-order valence-corrected chi connectivity index (χ4v) is 2.77. The average molecular weight is 321 g/mol. The van der Waals surface area contributed by atoms with Gasteiger partial charge in [-0.2, -0.15) is 0 Å². The third kappa shape index (κ3) is 2.58. The lowest BCUT2D eigenvalue weighted by Crippen LogP contribution is -2.18. The minimum atomic E-state index is 0.295. The van der Waals surface area contributed by atoms with Crippen LogP contribution < -0.4 is 0 Å². The molecule has 0 bridgehead atoms. The van der Waals surface area contributed by atoms with Gasteiger partial charge in [-0.3, -0.25) is 4.79 Å². The number of nitrogens with zero attached hydrogens (tertiary/aromatic N) is 4. The summed E-state index contributed by atoms with van der Waals surface area (Å²) >= 11 is 3.36. The number of pyridine rings is 1. The highest BCUT2D eigenvalue weighted by Crippen LogP contribution is 2.29. The van der Waals surface area contributed by atoms with Crippen molar-refractivity contribution in [3.8, 4) is 11.5 Å². The molecule has 2 heterocycles. The molecule has 19 heavy (non-hydrogen) atoms. The number of carbonyl (C=O) groups excluding carboxylic acids is 1. The molecule has 3 rings (SSSR count).